The Bertz CT molecular complexity index is 869. The first kappa shape index (κ1) is 20.9. The molecule has 0 amide bonds. The van der Waals surface area contributed by atoms with Gasteiger partial charge in [-0.1, -0.05) is 26.0 Å². The number of nitrogens with zero attached hydrogens (tertiary/aromatic N) is 1. The molecule has 0 heterocycles. The molecule has 6 nitrogen and oxygen atoms in total. The molecule has 0 saturated heterocycles. The molecule has 146 valence electrons. The van der Waals surface area contributed by atoms with Crippen molar-refractivity contribution in [1.82, 2.24) is 0 Å². The van der Waals surface area contributed by atoms with Crippen molar-refractivity contribution in [3.8, 4) is 11.5 Å². The Hall–Kier alpha value is -3.41. The molecule has 2 rings (SSSR count). The molecule has 0 fully saturated rings. The van der Waals surface area contributed by atoms with E-state index in [9.17, 15) is 9.59 Å². The maximum absolute atomic E-state index is 12.0. The standard InChI is InChI=1S/C22H23NO5/c1-15(2)21(22(25)26)23-14-17-7-10-18(11-8-17)28-20(24)12-9-16-5-4-6-19(13-16)27-3/h4-15,21H,1-3H3,(H,25,26)/b12-9+,23-14+. The summed E-state index contributed by atoms with van der Waals surface area (Å²) in [4.78, 5) is 27.2. The van der Waals surface area contributed by atoms with Gasteiger partial charge in [-0.15, -0.1) is 0 Å². The van der Waals surface area contributed by atoms with Crippen LogP contribution >= 0.6 is 0 Å². The molecular weight excluding hydrogens is 358 g/mol. The summed E-state index contributed by atoms with van der Waals surface area (Å²) in [5.41, 5.74) is 1.54. The number of carbonyl (C=O) groups is 2. The number of hydrogen-bond acceptors (Lipinski definition) is 5. The first-order valence-corrected chi connectivity index (χ1v) is 8.79. The minimum Gasteiger partial charge on any atom is -0.497 e. The number of esters is 1. The number of carboxylic acid groups (broad SMARTS) is 1. The zero-order chi connectivity index (χ0) is 20.5. The molecule has 0 aromatic heterocycles. The van der Waals surface area contributed by atoms with Crippen LogP contribution in [0.15, 0.2) is 59.6 Å². The Kier molecular flexibility index (Phi) is 7.51. The number of ether oxygens (including phenoxy) is 2. The Labute approximate surface area is 164 Å². The molecule has 1 N–H and O–H groups in total. The summed E-state index contributed by atoms with van der Waals surface area (Å²) in [6.45, 7) is 3.61. The van der Waals surface area contributed by atoms with Crippen LogP contribution in [-0.2, 0) is 9.59 Å². The number of rotatable bonds is 8. The Balaban J connectivity index is 1.97. The predicted molar refractivity (Wildman–Crippen MR) is 108 cm³/mol. The molecule has 1 atom stereocenters. The third-order valence-corrected chi connectivity index (χ3v) is 3.87. The van der Waals surface area contributed by atoms with Gasteiger partial charge < -0.3 is 14.6 Å². The maximum atomic E-state index is 12.0. The summed E-state index contributed by atoms with van der Waals surface area (Å²) in [7, 11) is 1.58. The van der Waals surface area contributed by atoms with Crippen molar-refractivity contribution in [3.05, 3.63) is 65.7 Å². The summed E-state index contributed by atoms with van der Waals surface area (Å²) in [6.07, 6.45) is 4.49. The van der Waals surface area contributed by atoms with Crippen LogP contribution in [0.2, 0.25) is 0 Å². The quantitative estimate of drug-likeness (QED) is 0.325. The van der Waals surface area contributed by atoms with Crippen molar-refractivity contribution < 1.29 is 24.2 Å². The zero-order valence-electron chi connectivity index (χ0n) is 16.0. The van der Waals surface area contributed by atoms with Crippen LogP contribution in [0.1, 0.15) is 25.0 Å². The summed E-state index contributed by atoms with van der Waals surface area (Å²) in [5, 5.41) is 9.14. The molecule has 0 aliphatic rings. The van der Waals surface area contributed by atoms with E-state index in [1.54, 1.807) is 57.4 Å². The van der Waals surface area contributed by atoms with E-state index in [0.29, 0.717) is 11.5 Å². The molecule has 0 aliphatic carbocycles. The summed E-state index contributed by atoms with van der Waals surface area (Å²) < 4.78 is 10.4. The molecular formula is C22H23NO5. The number of benzene rings is 2. The lowest BCUT2D eigenvalue weighted by atomic mass is 10.1. The van der Waals surface area contributed by atoms with Crippen molar-refractivity contribution in [3.63, 3.8) is 0 Å². The van der Waals surface area contributed by atoms with Crippen molar-refractivity contribution in [2.24, 2.45) is 10.9 Å². The van der Waals surface area contributed by atoms with Crippen LogP contribution in [0.25, 0.3) is 6.08 Å². The van der Waals surface area contributed by atoms with Gasteiger partial charge in [-0.3, -0.25) is 4.99 Å². The van der Waals surface area contributed by atoms with Gasteiger partial charge in [-0.2, -0.15) is 0 Å². The lowest BCUT2D eigenvalue weighted by Gasteiger charge is -2.10. The normalized spacial score (nSPS) is 12.4. The minimum absolute atomic E-state index is 0.106. The number of methoxy groups -OCH3 is 1. The molecule has 2 aromatic carbocycles. The molecule has 0 spiro atoms. The predicted octanol–water partition coefficient (Wildman–Crippen LogP) is 3.84. The topological polar surface area (TPSA) is 85.2 Å². The van der Waals surface area contributed by atoms with E-state index < -0.39 is 18.0 Å². The molecule has 6 heteroatoms. The highest BCUT2D eigenvalue weighted by Gasteiger charge is 2.19. The third kappa shape index (κ3) is 6.39. The van der Waals surface area contributed by atoms with Crippen LogP contribution in [-0.4, -0.2) is 36.4 Å². The number of aliphatic imine (C=N–C) groups is 1. The number of carbonyl (C=O) groups excluding carboxylic acids is 1. The molecule has 0 aliphatic heterocycles. The highest BCUT2D eigenvalue weighted by Crippen LogP contribution is 2.15. The van der Waals surface area contributed by atoms with E-state index in [2.05, 4.69) is 4.99 Å². The molecule has 0 bridgehead atoms. The van der Waals surface area contributed by atoms with Crippen molar-refractivity contribution in [2.45, 2.75) is 19.9 Å². The second-order valence-corrected chi connectivity index (χ2v) is 6.41. The number of aliphatic carboxylic acids is 1. The van der Waals surface area contributed by atoms with E-state index in [1.807, 2.05) is 18.2 Å². The first-order valence-electron chi connectivity index (χ1n) is 8.79. The van der Waals surface area contributed by atoms with Gasteiger partial charge in [0, 0.05) is 12.3 Å². The fraction of sp³-hybridized carbons (Fsp3) is 0.227. The Morgan fingerprint density at radius 2 is 1.75 bits per heavy atom. The maximum Gasteiger partial charge on any atom is 0.336 e. The van der Waals surface area contributed by atoms with E-state index in [1.165, 1.54) is 12.3 Å². The van der Waals surface area contributed by atoms with Gasteiger partial charge in [0.15, 0.2) is 0 Å². The number of hydrogen-bond donors (Lipinski definition) is 1. The zero-order valence-corrected chi connectivity index (χ0v) is 16.0. The summed E-state index contributed by atoms with van der Waals surface area (Å²) in [6, 6.07) is 13.2. The SMILES string of the molecule is COc1cccc(/C=C/C(=O)Oc2ccc(/C=N/C(C(=O)O)C(C)C)cc2)c1. The molecule has 0 radical (unpaired) electrons. The van der Waals surface area contributed by atoms with Crippen LogP contribution < -0.4 is 9.47 Å². The average Bonchev–Trinajstić information content (AvgIpc) is 2.67. The van der Waals surface area contributed by atoms with Gasteiger partial charge in [0.25, 0.3) is 0 Å². The van der Waals surface area contributed by atoms with E-state index >= 15 is 0 Å². The van der Waals surface area contributed by atoms with Crippen LogP contribution in [0.3, 0.4) is 0 Å². The third-order valence-electron chi connectivity index (χ3n) is 3.87. The highest BCUT2D eigenvalue weighted by atomic mass is 16.5. The Morgan fingerprint density at radius 3 is 2.36 bits per heavy atom. The highest BCUT2D eigenvalue weighted by molar-refractivity contribution is 5.89. The van der Waals surface area contributed by atoms with Gasteiger partial charge in [-0.25, -0.2) is 9.59 Å². The van der Waals surface area contributed by atoms with Gasteiger partial charge in [0.2, 0.25) is 0 Å². The second-order valence-electron chi connectivity index (χ2n) is 6.41. The Morgan fingerprint density at radius 1 is 1.04 bits per heavy atom. The van der Waals surface area contributed by atoms with Crippen LogP contribution in [0, 0.1) is 5.92 Å². The first-order chi connectivity index (χ1) is 13.4. The fourth-order valence-electron chi connectivity index (χ4n) is 2.37. The minimum atomic E-state index is -0.959. The lowest BCUT2D eigenvalue weighted by molar-refractivity contribution is -0.139. The largest absolute Gasteiger partial charge is 0.497 e. The second kappa shape index (κ2) is 10.1. The number of carboxylic acids is 1. The monoisotopic (exact) mass is 381 g/mol. The van der Waals surface area contributed by atoms with Gasteiger partial charge >= 0.3 is 11.9 Å². The van der Waals surface area contributed by atoms with Crippen molar-refractivity contribution >= 4 is 24.2 Å². The summed E-state index contributed by atoms with van der Waals surface area (Å²) in [5.74, 6) is -0.480. The molecule has 1 unspecified atom stereocenters. The van der Waals surface area contributed by atoms with Crippen molar-refractivity contribution in [1.29, 1.82) is 0 Å². The van der Waals surface area contributed by atoms with Crippen molar-refractivity contribution in [2.75, 3.05) is 7.11 Å². The van der Waals surface area contributed by atoms with Crippen LogP contribution in [0.4, 0.5) is 0 Å². The van der Waals surface area contributed by atoms with Gasteiger partial charge in [0.05, 0.1) is 7.11 Å². The summed E-state index contributed by atoms with van der Waals surface area (Å²) >= 11 is 0. The smallest absolute Gasteiger partial charge is 0.336 e. The molecule has 28 heavy (non-hydrogen) atoms. The van der Waals surface area contributed by atoms with Gasteiger partial charge in [0.1, 0.15) is 17.5 Å². The lowest BCUT2D eigenvalue weighted by Crippen LogP contribution is -2.24. The van der Waals surface area contributed by atoms with E-state index in [4.69, 9.17) is 14.6 Å². The molecule has 0 saturated carbocycles. The van der Waals surface area contributed by atoms with Crippen LogP contribution in [0.5, 0.6) is 11.5 Å². The fourth-order valence-corrected chi connectivity index (χ4v) is 2.37. The van der Waals surface area contributed by atoms with E-state index in [0.717, 1.165) is 11.1 Å². The average molecular weight is 381 g/mol. The van der Waals surface area contributed by atoms with E-state index in [-0.39, 0.29) is 5.92 Å². The molecule has 2 aromatic rings. The van der Waals surface area contributed by atoms with Gasteiger partial charge in [-0.05, 0) is 59.5 Å².